The van der Waals surface area contributed by atoms with Crippen molar-refractivity contribution in [3.63, 3.8) is 0 Å². The monoisotopic (exact) mass is 304 g/mol. The molecular formula is C18H18Cl2. The zero-order valence-electron chi connectivity index (χ0n) is 11.8. The molecule has 0 bridgehead atoms. The van der Waals surface area contributed by atoms with Crippen molar-refractivity contribution < 1.29 is 0 Å². The molecule has 0 heterocycles. The lowest BCUT2D eigenvalue weighted by Crippen LogP contribution is -2.09. The highest BCUT2D eigenvalue weighted by molar-refractivity contribution is 6.33. The average molecular weight is 305 g/mol. The zero-order valence-corrected chi connectivity index (χ0v) is 13.3. The summed E-state index contributed by atoms with van der Waals surface area (Å²) in [5.41, 5.74) is 6.42. The lowest BCUT2D eigenvalue weighted by Gasteiger charge is -2.19. The first-order chi connectivity index (χ1) is 9.56. The Morgan fingerprint density at radius 2 is 1.55 bits per heavy atom. The number of hydrogen-bond donors (Lipinski definition) is 0. The number of fused-ring (bicyclic) bond motifs is 1. The van der Waals surface area contributed by atoms with Crippen molar-refractivity contribution in [3.05, 3.63) is 69.2 Å². The number of aryl methyl sites for hydroxylation is 2. The molecule has 1 aliphatic rings. The van der Waals surface area contributed by atoms with Crippen molar-refractivity contribution in [3.8, 4) is 0 Å². The molecule has 0 amide bonds. The first kappa shape index (κ1) is 14.0. The highest BCUT2D eigenvalue weighted by Crippen LogP contribution is 2.41. The van der Waals surface area contributed by atoms with Gasteiger partial charge in [-0.2, -0.15) is 0 Å². The summed E-state index contributed by atoms with van der Waals surface area (Å²) in [6, 6.07) is 12.8. The minimum absolute atomic E-state index is 0.0193. The molecule has 104 valence electrons. The van der Waals surface area contributed by atoms with E-state index in [1.54, 1.807) is 0 Å². The lowest BCUT2D eigenvalue weighted by molar-refractivity contribution is 0.541. The van der Waals surface area contributed by atoms with E-state index < -0.39 is 0 Å². The van der Waals surface area contributed by atoms with Crippen LogP contribution < -0.4 is 0 Å². The molecule has 0 aliphatic heterocycles. The van der Waals surface area contributed by atoms with Gasteiger partial charge in [-0.25, -0.2) is 0 Å². The fraction of sp³-hybridized carbons (Fsp3) is 0.333. The molecule has 0 radical (unpaired) electrons. The van der Waals surface area contributed by atoms with Crippen molar-refractivity contribution in [2.24, 2.45) is 5.92 Å². The number of hydrogen-bond acceptors (Lipinski definition) is 0. The Morgan fingerprint density at radius 3 is 2.15 bits per heavy atom. The molecule has 0 fully saturated rings. The van der Waals surface area contributed by atoms with Crippen molar-refractivity contribution in [2.45, 2.75) is 32.1 Å². The Labute approximate surface area is 130 Å². The molecule has 0 aromatic heterocycles. The van der Waals surface area contributed by atoms with Crippen LogP contribution in [0.3, 0.4) is 0 Å². The number of benzene rings is 2. The van der Waals surface area contributed by atoms with Crippen LogP contribution in [0.15, 0.2) is 36.4 Å². The Morgan fingerprint density at radius 1 is 1.00 bits per heavy atom. The van der Waals surface area contributed by atoms with Crippen LogP contribution in [0.2, 0.25) is 5.02 Å². The van der Waals surface area contributed by atoms with Gasteiger partial charge < -0.3 is 0 Å². The second-order valence-electron chi connectivity index (χ2n) is 5.80. The molecular weight excluding hydrogens is 287 g/mol. The van der Waals surface area contributed by atoms with Gasteiger partial charge >= 0.3 is 0 Å². The van der Waals surface area contributed by atoms with Crippen LogP contribution in [0, 0.1) is 19.8 Å². The summed E-state index contributed by atoms with van der Waals surface area (Å²) in [5, 5.41) is 0.776. The van der Waals surface area contributed by atoms with Crippen molar-refractivity contribution in [1.29, 1.82) is 0 Å². The first-order valence-corrected chi connectivity index (χ1v) is 7.85. The first-order valence-electron chi connectivity index (χ1n) is 7.03. The molecule has 2 aromatic rings. The zero-order chi connectivity index (χ0) is 14.3. The van der Waals surface area contributed by atoms with Crippen LogP contribution in [0.25, 0.3) is 0 Å². The Bertz CT molecular complexity index is 621. The molecule has 0 saturated heterocycles. The minimum atomic E-state index is -0.0193. The third kappa shape index (κ3) is 2.47. The maximum Gasteiger partial charge on any atom is 0.0634 e. The number of rotatable bonds is 2. The minimum Gasteiger partial charge on any atom is -0.117 e. The van der Waals surface area contributed by atoms with E-state index in [9.17, 15) is 0 Å². The highest BCUT2D eigenvalue weighted by Gasteiger charge is 2.29. The van der Waals surface area contributed by atoms with E-state index in [2.05, 4.69) is 44.2 Å². The second-order valence-corrected chi connectivity index (χ2v) is 6.67. The average Bonchev–Trinajstić information content (AvgIpc) is 2.86. The van der Waals surface area contributed by atoms with Crippen LogP contribution in [-0.4, -0.2) is 0 Å². The molecule has 2 heteroatoms. The molecule has 0 spiro atoms. The van der Waals surface area contributed by atoms with E-state index in [0.29, 0.717) is 5.92 Å². The topological polar surface area (TPSA) is 0 Å². The van der Waals surface area contributed by atoms with Gasteiger partial charge in [0.2, 0.25) is 0 Å². The largest absolute Gasteiger partial charge is 0.117 e. The quantitative estimate of drug-likeness (QED) is 0.629. The summed E-state index contributed by atoms with van der Waals surface area (Å²) in [7, 11) is 0. The van der Waals surface area contributed by atoms with Gasteiger partial charge in [0.15, 0.2) is 0 Å². The van der Waals surface area contributed by atoms with Crippen LogP contribution >= 0.6 is 23.2 Å². The molecule has 0 N–H and O–H groups in total. The maximum atomic E-state index is 6.75. The number of halogens is 2. The summed E-state index contributed by atoms with van der Waals surface area (Å²) in [5.74, 6) is 0.439. The second kappa shape index (κ2) is 5.42. The third-order valence-corrected chi connectivity index (χ3v) is 5.33. The molecule has 3 rings (SSSR count). The number of alkyl halides is 1. The fourth-order valence-corrected chi connectivity index (χ4v) is 3.82. The van der Waals surface area contributed by atoms with Gasteiger partial charge in [-0.05, 0) is 66.5 Å². The normalized spacial score (nSPS) is 16.2. The van der Waals surface area contributed by atoms with E-state index in [-0.39, 0.29) is 5.38 Å². The molecule has 1 unspecified atom stereocenters. The standard InChI is InChI=1S/C18H18Cl2/c1-11-7-16(17(19)8-12(11)2)18(20)15-9-13-5-3-4-6-14(13)10-15/h3-8,15,18H,9-10H2,1-2H3. The van der Waals surface area contributed by atoms with E-state index in [4.69, 9.17) is 23.2 Å². The van der Waals surface area contributed by atoms with Crippen molar-refractivity contribution in [2.75, 3.05) is 0 Å². The summed E-state index contributed by atoms with van der Waals surface area (Å²) in [6.45, 7) is 4.20. The smallest absolute Gasteiger partial charge is 0.0634 e. The lowest BCUT2D eigenvalue weighted by atomic mass is 9.94. The molecule has 2 aromatic carbocycles. The Hall–Kier alpha value is -0.980. The predicted molar refractivity (Wildman–Crippen MR) is 86.9 cm³/mol. The third-order valence-electron chi connectivity index (χ3n) is 4.41. The van der Waals surface area contributed by atoms with Gasteiger partial charge in [-0.15, -0.1) is 11.6 Å². The van der Waals surface area contributed by atoms with Gasteiger partial charge in [0.25, 0.3) is 0 Å². The van der Waals surface area contributed by atoms with Crippen LogP contribution in [0.4, 0.5) is 0 Å². The fourth-order valence-electron chi connectivity index (χ4n) is 3.07. The summed E-state index contributed by atoms with van der Waals surface area (Å²) >= 11 is 13.1. The SMILES string of the molecule is Cc1cc(Cl)c(C(Cl)C2Cc3ccccc3C2)cc1C. The predicted octanol–water partition coefficient (Wildman–Crippen LogP) is 5.65. The van der Waals surface area contributed by atoms with E-state index in [1.807, 2.05) is 6.07 Å². The summed E-state index contributed by atoms with van der Waals surface area (Å²) < 4.78 is 0. The molecule has 0 nitrogen and oxygen atoms in total. The van der Waals surface area contributed by atoms with Gasteiger partial charge in [-0.3, -0.25) is 0 Å². The molecule has 0 saturated carbocycles. The van der Waals surface area contributed by atoms with Crippen molar-refractivity contribution in [1.82, 2.24) is 0 Å². The Balaban J connectivity index is 1.88. The van der Waals surface area contributed by atoms with Gasteiger partial charge in [0, 0.05) is 5.02 Å². The van der Waals surface area contributed by atoms with Crippen molar-refractivity contribution >= 4 is 23.2 Å². The van der Waals surface area contributed by atoms with Crippen LogP contribution in [0.5, 0.6) is 0 Å². The van der Waals surface area contributed by atoms with E-state index >= 15 is 0 Å². The molecule has 1 atom stereocenters. The summed E-state index contributed by atoms with van der Waals surface area (Å²) in [4.78, 5) is 0. The molecule has 1 aliphatic carbocycles. The van der Waals surface area contributed by atoms with E-state index in [1.165, 1.54) is 22.3 Å². The highest BCUT2D eigenvalue weighted by atomic mass is 35.5. The Kier molecular flexibility index (Phi) is 3.79. The summed E-state index contributed by atoms with van der Waals surface area (Å²) in [6.07, 6.45) is 2.10. The van der Waals surface area contributed by atoms with Crippen LogP contribution in [0.1, 0.15) is 33.2 Å². The van der Waals surface area contributed by atoms with Crippen LogP contribution in [-0.2, 0) is 12.8 Å². The van der Waals surface area contributed by atoms with E-state index in [0.717, 1.165) is 23.4 Å². The maximum absolute atomic E-state index is 6.75. The van der Waals surface area contributed by atoms with Gasteiger partial charge in [0.1, 0.15) is 0 Å². The van der Waals surface area contributed by atoms with Gasteiger partial charge in [-0.1, -0.05) is 41.9 Å². The molecule has 20 heavy (non-hydrogen) atoms. The van der Waals surface area contributed by atoms with Gasteiger partial charge in [0.05, 0.1) is 5.38 Å².